The molecular formula is C19H26N6O5S. The SMILES string of the molecule is C[C@@H](C(N)=O)N(C(=O)[C@H](Cc1ccccc1)NS(=O)(=O)N1CCOCC1)n1ccnc1. The number of hydrogen-bond donors (Lipinski definition) is 2. The van der Waals surface area contributed by atoms with Crippen molar-refractivity contribution in [2.45, 2.75) is 25.4 Å². The molecule has 2 atom stereocenters. The van der Waals surface area contributed by atoms with E-state index in [9.17, 15) is 18.0 Å². The summed E-state index contributed by atoms with van der Waals surface area (Å²) < 4.78 is 36.2. The first-order chi connectivity index (χ1) is 14.8. The van der Waals surface area contributed by atoms with Crippen LogP contribution in [0.2, 0.25) is 0 Å². The number of nitrogens with zero attached hydrogens (tertiary/aromatic N) is 4. The topological polar surface area (TPSA) is 140 Å². The summed E-state index contributed by atoms with van der Waals surface area (Å²) in [7, 11) is -3.98. The maximum absolute atomic E-state index is 13.6. The van der Waals surface area contributed by atoms with Gasteiger partial charge in [0, 0.05) is 25.5 Å². The summed E-state index contributed by atoms with van der Waals surface area (Å²) in [6.07, 6.45) is 4.35. The van der Waals surface area contributed by atoms with Gasteiger partial charge in [-0.25, -0.2) is 14.7 Å². The summed E-state index contributed by atoms with van der Waals surface area (Å²) in [4.78, 5) is 29.4. The molecule has 1 aliphatic rings. The van der Waals surface area contributed by atoms with Gasteiger partial charge in [-0.15, -0.1) is 0 Å². The maximum atomic E-state index is 13.6. The van der Waals surface area contributed by atoms with E-state index in [1.54, 1.807) is 24.3 Å². The first-order valence-corrected chi connectivity index (χ1v) is 11.2. The normalized spacial score (nSPS) is 17.1. The molecule has 0 spiro atoms. The van der Waals surface area contributed by atoms with Crippen molar-refractivity contribution in [1.29, 1.82) is 0 Å². The predicted octanol–water partition coefficient (Wildman–Crippen LogP) is -1.00. The molecule has 2 heterocycles. The molecule has 0 radical (unpaired) electrons. The third-order valence-electron chi connectivity index (χ3n) is 4.93. The number of benzene rings is 1. The van der Waals surface area contributed by atoms with Gasteiger partial charge in [0.25, 0.3) is 16.1 Å². The van der Waals surface area contributed by atoms with Crippen molar-refractivity contribution in [3.63, 3.8) is 0 Å². The fourth-order valence-electron chi connectivity index (χ4n) is 3.23. The summed E-state index contributed by atoms with van der Waals surface area (Å²) in [6, 6.07) is 6.79. The van der Waals surface area contributed by atoms with Crippen LogP contribution in [0.5, 0.6) is 0 Å². The number of nitrogens with one attached hydrogen (secondary N) is 1. The van der Waals surface area contributed by atoms with Gasteiger partial charge in [-0.05, 0) is 18.9 Å². The summed E-state index contributed by atoms with van der Waals surface area (Å²) in [5, 5.41) is 1.10. The summed E-state index contributed by atoms with van der Waals surface area (Å²) in [5.74, 6) is -1.37. The summed E-state index contributed by atoms with van der Waals surface area (Å²) in [5.41, 5.74) is 6.20. The number of aromatic nitrogens is 2. The zero-order valence-corrected chi connectivity index (χ0v) is 17.9. The first kappa shape index (κ1) is 22.9. The third kappa shape index (κ3) is 5.67. The number of nitrogens with two attached hydrogens (primary N) is 1. The number of ether oxygens (including phenoxy) is 1. The van der Waals surface area contributed by atoms with Crippen LogP contribution in [0.25, 0.3) is 0 Å². The number of morpholine rings is 1. The molecule has 1 fully saturated rings. The van der Waals surface area contributed by atoms with Crippen LogP contribution in [0.15, 0.2) is 49.1 Å². The molecule has 168 valence electrons. The highest BCUT2D eigenvalue weighted by Crippen LogP contribution is 2.12. The van der Waals surface area contributed by atoms with Gasteiger partial charge >= 0.3 is 0 Å². The highest BCUT2D eigenvalue weighted by atomic mass is 32.2. The van der Waals surface area contributed by atoms with Gasteiger partial charge in [0.15, 0.2) is 0 Å². The summed E-state index contributed by atoms with van der Waals surface area (Å²) >= 11 is 0. The Hall–Kier alpha value is -2.80. The average molecular weight is 451 g/mol. The minimum Gasteiger partial charge on any atom is -0.379 e. The first-order valence-electron chi connectivity index (χ1n) is 9.79. The maximum Gasteiger partial charge on any atom is 0.280 e. The molecule has 1 aromatic carbocycles. The monoisotopic (exact) mass is 450 g/mol. The predicted molar refractivity (Wildman–Crippen MR) is 112 cm³/mol. The minimum absolute atomic E-state index is 0.0833. The quantitative estimate of drug-likeness (QED) is 0.502. The highest BCUT2D eigenvalue weighted by molar-refractivity contribution is 7.87. The average Bonchev–Trinajstić information content (AvgIpc) is 3.29. The smallest absolute Gasteiger partial charge is 0.280 e. The lowest BCUT2D eigenvalue weighted by atomic mass is 10.1. The molecule has 0 unspecified atom stereocenters. The van der Waals surface area contributed by atoms with Gasteiger partial charge in [-0.1, -0.05) is 30.3 Å². The van der Waals surface area contributed by atoms with E-state index in [1.165, 1.54) is 34.6 Å². The lowest BCUT2D eigenvalue weighted by Gasteiger charge is -2.33. The lowest BCUT2D eigenvalue weighted by molar-refractivity contribution is -0.126. The molecule has 0 bridgehead atoms. The van der Waals surface area contributed by atoms with Crippen molar-refractivity contribution >= 4 is 22.0 Å². The Labute approximate surface area is 180 Å². The van der Waals surface area contributed by atoms with Crippen molar-refractivity contribution < 1.29 is 22.7 Å². The Bertz CT molecular complexity index is 976. The Morgan fingerprint density at radius 2 is 1.94 bits per heavy atom. The fourth-order valence-corrected chi connectivity index (χ4v) is 4.56. The van der Waals surface area contributed by atoms with Crippen LogP contribution < -0.4 is 15.5 Å². The van der Waals surface area contributed by atoms with Crippen LogP contribution in [0, 0.1) is 0 Å². The van der Waals surface area contributed by atoms with Gasteiger partial charge < -0.3 is 10.5 Å². The zero-order chi connectivity index (χ0) is 22.4. The zero-order valence-electron chi connectivity index (χ0n) is 17.1. The molecule has 3 N–H and O–H groups in total. The van der Waals surface area contributed by atoms with Crippen LogP contribution in [-0.2, 0) is 31.0 Å². The molecule has 11 nitrogen and oxygen atoms in total. The summed E-state index contributed by atoms with van der Waals surface area (Å²) in [6.45, 7) is 2.39. The van der Waals surface area contributed by atoms with Gasteiger partial charge in [-0.3, -0.25) is 9.59 Å². The van der Waals surface area contributed by atoms with E-state index < -0.39 is 34.1 Å². The molecule has 2 aromatic rings. The second-order valence-electron chi connectivity index (χ2n) is 7.08. The number of rotatable bonds is 9. The second-order valence-corrected chi connectivity index (χ2v) is 8.78. The van der Waals surface area contributed by atoms with Gasteiger partial charge in [0.1, 0.15) is 18.4 Å². The van der Waals surface area contributed by atoms with E-state index >= 15 is 0 Å². The van der Waals surface area contributed by atoms with Crippen molar-refractivity contribution in [2.75, 3.05) is 31.3 Å². The van der Waals surface area contributed by atoms with E-state index in [0.29, 0.717) is 0 Å². The number of carbonyl (C=O) groups excluding carboxylic acids is 2. The van der Waals surface area contributed by atoms with Crippen molar-refractivity contribution in [1.82, 2.24) is 18.7 Å². The fraction of sp³-hybridized carbons (Fsp3) is 0.421. The number of carbonyl (C=O) groups is 2. The van der Waals surface area contributed by atoms with Gasteiger partial charge in [0.2, 0.25) is 5.91 Å². The Morgan fingerprint density at radius 3 is 2.52 bits per heavy atom. The van der Waals surface area contributed by atoms with E-state index in [2.05, 4.69) is 9.71 Å². The molecule has 31 heavy (non-hydrogen) atoms. The van der Waals surface area contributed by atoms with Gasteiger partial charge in [-0.2, -0.15) is 17.4 Å². The second kappa shape index (κ2) is 10.0. The largest absolute Gasteiger partial charge is 0.379 e. The molecular weight excluding hydrogens is 424 g/mol. The van der Waals surface area contributed by atoms with Crippen molar-refractivity contribution in [2.24, 2.45) is 5.73 Å². The highest BCUT2D eigenvalue weighted by Gasteiger charge is 2.36. The Balaban J connectivity index is 1.93. The van der Waals surface area contributed by atoms with Crippen LogP contribution in [-0.4, -0.2) is 72.6 Å². The van der Waals surface area contributed by atoms with Gasteiger partial charge in [0.05, 0.1) is 13.2 Å². The molecule has 3 rings (SSSR count). The molecule has 12 heteroatoms. The standard InChI is InChI=1S/C19H26N6O5S/c1-15(18(20)26)25(23-8-7-21-14-23)19(27)17(13-16-5-3-2-4-6-16)22-31(28,29)24-9-11-30-12-10-24/h2-8,14-15,17,22H,9-13H2,1H3,(H2,20,26)/t15-,17-/m0/s1. The molecule has 2 amide bonds. The van der Waals surface area contributed by atoms with E-state index in [1.807, 2.05) is 6.07 Å². The van der Waals surface area contributed by atoms with E-state index in [4.69, 9.17) is 10.5 Å². The lowest BCUT2D eigenvalue weighted by Crippen LogP contribution is -2.60. The number of imidazole rings is 1. The number of hydrogen-bond acceptors (Lipinski definition) is 6. The van der Waals surface area contributed by atoms with Crippen LogP contribution >= 0.6 is 0 Å². The van der Waals surface area contributed by atoms with Crippen LogP contribution in [0.3, 0.4) is 0 Å². The molecule has 1 saturated heterocycles. The van der Waals surface area contributed by atoms with Crippen molar-refractivity contribution in [3.05, 3.63) is 54.6 Å². The van der Waals surface area contributed by atoms with Crippen LogP contribution in [0.1, 0.15) is 12.5 Å². The molecule has 0 saturated carbocycles. The van der Waals surface area contributed by atoms with Crippen molar-refractivity contribution in [3.8, 4) is 0 Å². The van der Waals surface area contributed by atoms with Crippen LogP contribution in [0.4, 0.5) is 0 Å². The third-order valence-corrected chi connectivity index (χ3v) is 6.55. The minimum atomic E-state index is -3.98. The molecule has 1 aliphatic heterocycles. The molecule has 0 aliphatic carbocycles. The number of primary amides is 1. The van der Waals surface area contributed by atoms with E-state index in [0.717, 1.165) is 10.6 Å². The van der Waals surface area contributed by atoms with E-state index in [-0.39, 0.29) is 32.7 Å². The number of amides is 2. The Kier molecular flexibility index (Phi) is 7.38. The Morgan fingerprint density at radius 1 is 1.26 bits per heavy atom. The molecule has 1 aromatic heterocycles.